The van der Waals surface area contributed by atoms with Crippen molar-refractivity contribution in [3.05, 3.63) is 12.2 Å². The third-order valence-corrected chi connectivity index (χ3v) is 2.59. The highest BCUT2D eigenvalue weighted by Crippen LogP contribution is 2.27. The van der Waals surface area contributed by atoms with Gasteiger partial charge in [0.2, 0.25) is 0 Å². The summed E-state index contributed by atoms with van der Waals surface area (Å²) in [7, 11) is 0. The number of rotatable bonds is 4. The molecule has 3 heteroatoms. The summed E-state index contributed by atoms with van der Waals surface area (Å²) < 4.78 is 4.68. The average molecular weight is 198 g/mol. The van der Waals surface area contributed by atoms with E-state index in [-0.39, 0.29) is 5.57 Å². The molecule has 0 atom stereocenters. The Morgan fingerprint density at radius 1 is 1.29 bits per heavy atom. The molecular weight excluding hydrogens is 180 g/mol. The fourth-order valence-electron chi connectivity index (χ4n) is 0.833. The van der Waals surface area contributed by atoms with Crippen molar-refractivity contribution in [2.24, 2.45) is 5.41 Å². The third-order valence-electron chi connectivity index (χ3n) is 2.59. The van der Waals surface area contributed by atoms with Crippen molar-refractivity contribution < 1.29 is 14.3 Å². The maximum Gasteiger partial charge on any atom is 0.340 e. The monoisotopic (exact) mass is 198 g/mol. The van der Waals surface area contributed by atoms with Gasteiger partial charge in [-0.25, -0.2) is 4.79 Å². The Morgan fingerprint density at radius 2 is 1.71 bits per heavy atom. The maximum absolute atomic E-state index is 11.6. The molecule has 0 saturated heterocycles. The van der Waals surface area contributed by atoms with Crippen LogP contribution in [0.3, 0.4) is 0 Å². The highest BCUT2D eigenvalue weighted by molar-refractivity contribution is 5.96. The highest BCUT2D eigenvalue weighted by Gasteiger charge is 2.32. The highest BCUT2D eigenvalue weighted by atomic mass is 16.6. The Morgan fingerprint density at radius 3 is 2.00 bits per heavy atom. The fourth-order valence-corrected chi connectivity index (χ4v) is 0.833. The molecule has 3 nitrogen and oxygen atoms in total. The van der Waals surface area contributed by atoms with Gasteiger partial charge < -0.3 is 4.74 Å². The van der Waals surface area contributed by atoms with E-state index >= 15 is 0 Å². The molecule has 0 aliphatic heterocycles. The van der Waals surface area contributed by atoms with E-state index in [1.807, 2.05) is 13.8 Å². The first-order valence-corrected chi connectivity index (χ1v) is 4.79. The van der Waals surface area contributed by atoms with Crippen LogP contribution in [-0.4, -0.2) is 11.9 Å². The van der Waals surface area contributed by atoms with E-state index in [1.54, 1.807) is 6.92 Å². The van der Waals surface area contributed by atoms with Gasteiger partial charge in [0.05, 0.1) is 5.41 Å². The van der Waals surface area contributed by atoms with Crippen LogP contribution in [0.25, 0.3) is 0 Å². The van der Waals surface area contributed by atoms with Crippen LogP contribution in [0.4, 0.5) is 0 Å². The predicted octanol–water partition coefficient (Wildman–Crippen LogP) is 2.46. The lowest BCUT2D eigenvalue weighted by atomic mass is 9.85. The molecule has 0 fully saturated rings. The third kappa shape index (κ3) is 2.98. The molecule has 0 aromatic heterocycles. The molecule has 0 heterocycles. The van der Waals surface area contributed by atoms with Crippen LogP contribution in [0.2, 0.25) is 0 Å². The number of ether oxygens (including phenoxy) is 1. The van der Waals surface area contributed by atoms with Crippen molar-refractivity contribution in [1.82, 2.24) is 0 Å². The molecule has 0 aliphatic rings. The van der Waals surface area contributed by atoms with Crippen LogP contribution in [0, 0.1) is 5.41 Å². The first-order chi connectivity index (χ1) is 6.37. The number of carbonyl (C=O) groups is 2. The van der Waals surface area contributed by atoms with Gasteiger partial charge in [0.15, 0.2) is 0 Å². The molecule has 0 bridgehead atoms. The number of hydrogen-bond acceptors (Lipinski definition) is 3. The van der Waals surface area contributed by atoms with E-state index in [9.17, 15) is 9.59 Å². The van der Waals surface area contributed by atoms with Crippen LogP contribution < -0.4 is 0 Å². The molecule has 0 aromatic rings. The van der Waals surface area contributed by atoms with Crippen LogP contribution >= 0.6 is 0 Å². The van der Waals surface area contributed by atoms with Gasteiger partial charge in [-0.05, 0) is 26.7 Å². The first-order valence-electron chi connectivity index (χ1n) is 4.79. The van der Waals surface area contributed by atoms with Gasteiger partial charge in [0.1, 0.15) is 0 Å². The van der Waals surface area contributed by atoms with Crippen molar-refractivity contribution >= 4 is 11.9 Å². The molecule has 0 unspecified atom stereocenters. The molecule has 0 rings (SSSR count). The molecule has 80 valence electrons. The second-order valence-corrected chi connectivity index (χ2v) is 3.73. The van der Waals surface area contributed by atoms with Gasteiger partial charge in [-0.1, -0.05) is 20.4 Å². The zero-order valence-corrected chi connectivity index (χ0v) is 9.35. The number of hydrogen-bond donors (Lipinski definition) is 0. The maximum atomic E-state index is 11.6. The van der Waals surface area contributed by atoms with E-state index in [2.05, 4.69) is 11.3 Å². The molecule has 0 N–H and O–H groups in total. The summed E-state index contributed by atoms with van der Waals surface area (Å²) in [4.78, 5) is 22.6. The van der Waals surface area contributed by atoms with E-state index < -0.39 is 17.4 Å². The van der Waals surface area contributed by atoms with Crippen LogP contribution in [0.1, 0.15) is 40.5 Å². The molecule has 0 spiro atoms. The van der Waals surface area contributed by atoms with Crippen LogP contribution in [0.15, 0.2) is 12.2 Å². The van der Waals surface area contributed by atoms with Gasteiger partial charge >= 0.3 is 11.9 Å². The zero-order valence-electron chi connectivity index (χ0n) is 9.35. The quantitative estimate of drug-likeness (QED) is 0.396. The number of esters is 2. The Labute approximate surface area is 85.1 Å². The normalized spacial score (nSPS) is 10.9. The van der Waals surface area contributed by atoms with Crippen LogP contribution in [-0.2, 0) is 14.3 Å². The van der Waals surface area contributed by atoms with Crippen molar-refractivity contribution in [3.8, 4) is 0 Å². The summed E-state index contributed by atoms with van der Waals surface area (Å²) in [6, 6.07) is 0. The van der Waals surface area contributed by atoms with Gasteiger partial charge in [-0.15, -0.1) is 0 Å². The number of carbonyl (C=O) groups excluding carboxylic acids is 2. The summed E-state index contributed by atoms with van der Waals surface area (Å²) in [5.41, 5.74) is -0.321. The smallest absolute Gasteiger partial charge is 0.340 e. The summed E-state index contributed by atoms with van der Waals surface area (Å²) in [5, 5.41) is 0. The minimum Gasteiger partial charge on any atom is -0.389 e. The zero-order chi connectivity index (χ0) is 11.4. The standard InChI is InChI=1S/C11H18O3/c1-6-11(5,7-2)10(13)14-9(12)8(3)4/h3,6-7H2,1-2,4-5H3. The minimum atomic E-state index is -0.636. The van der Waals surface area contributed by atoms with Gasteiger partial charge in [-0.2, -0.15) is 0 Å². The summed E-state index contributed by atoms with van der Waals surface area (Å²) >= 11 is 0. The lowest BCUT2D eigenvalue weighted by Gasteiger charge is -2.23. The SMILES string of the molecule is C=C(C)C(=O)OC(=O)C(C)(CC)CC. The Kier molecular flexibility index (Phi) is 4.54. The lowest BCUT2D eigenvalue weighted by molar-refractivity contribution is -0.164. The Bertz CT molecular complexity index is 249. The predicted molar refractivity (Wildman–Crippen MR) is 54.6 cm³/mol. The molecule has 0 aliphatic carbocycles. The lowest BCUT2D eigenvalue weighted by Crippen LogP contribution is -2.30. The average Bonchev–Trinajstić information content (AvgIpc) is 2.16. The second-order valence-electron chi connectivity index (χ2n) is 3.73. The fraction of sp³-hybridized carbons (Fsp3) is 0.636. The van der Waals surface area contributed by atoms with E-state index in [4.69, 9.17) is 0 Å². The van der Waals surface area contributed by atoms with Gasteiger partial charge in [0.25, 0.3) is 0 Å². The largest absolute Gasteiger partial charge is 0.389 e. The van der Waals surface area contributed by atoms with Crippen molar-refractivity contribution in [3.63, 3.8) is 0 Å². The van der Waals surface area contributed by atoms with E-state index in [0.717, 1.165) is 0 Å². The summed E-state index contributed by atoms with van der Waals surface area (Å²) in [6.07, 6.45) is 1.32. The molecule has 0 amide bonds. The second kappa shape index (κ2) is 4.94. The van der Waals surface area contributed by atoms with Gasteiger partial charge in [-0.3, -0.25) is 4.79 Å². The van der Waals surface area contributed by atoms with E-state index in [0.29, 0.717) is 12.8 Å². The molecule has 0 aromatic carbocycles. The summed E-state index contributed by atoms with van der Waals surface area (Å²) in [5.74, 6) is -1.10. The molecule has 0 radical (unpaired) electrons. The van der Waals surface area contributed by atoms with E-state index in [1.165, 1.54) is 6.92 Å². The summed E-state index contributed by atoms with van der Waals surface area (Å²) in [6.45, 7) is 10.5. The minimum absolute atomic E-state index is 0.243. The first kappa shape index (κ1) is 12.9. The molecule has 0 saturated carbocycles. The van der Waals surface area contributed by atoms with Crippen molar-refractivity contribution in [2.75, 3.05) is 0 Å². The van der Waals surface area contributed by atoms with Gasteiger partial charge in [0, 0.05) is 5.57 Å². The van der Waals surface area contributed by atoms with Crippen LogP contribution in [0.5, 0.6) is 0 Å². The molecule has 14 heavy (non-hydrogen) atoms. The topological polar surface area (TPSA) is 43.4 Å². The van der Waals surface area contributed by atoms with Crippen molar-refractivity contribution in [1.29, 1.82) is 0 Å². The Balaban J connectivity index is 4.48. The molecular formula is C11H18O3. The Hall–Kier alpha value is -1.12. The van der Waals surface area contributed by atoms with Crippen molar-refractivity contribution in [2.45, 2.75) is 40.5 Å².